The van der Waals surface area contributed by atoms with Crippen LogP contribution < -0.4 is 14.4 Å². The number of ether oxygens (including phenoxy) is 2. The van der Waals surface area contributed by atoms with Gasteiger partial charge < -0.3 is 9.47 Å². The molecule has 0 atom stereocenters. The molecule has 29 heavy (non-hydrogen) atoms. The van der Waals surface area contributed by atoms with Gasteiger partial charge >= 0.3 is 6.18 Å². The second-order valence-electron chi connectivity index (χ2n) is 6.08. The Bertz CT molecular complexity index is 1020. The monoisotopic (exact) mass is 439 g/mol. The minimum absolute atomic E-state index is 0.0810. The Kier molecular flexibility index (Phi) is 5.90. The maximum atomic E-state index is 13.0. The molecule has 1 aliphatic rings. The molecule has 1 aliphatic heterocycles. The van der Waals surface area contributed by atoms with E-state index in [0.717, 1.165) is 28.8 Å². The molecule has 0 saturated carbocycles. The number of methoxy groups -OCH3 is 2. The normalized spacial score (nSPS) is 16.3. The fourth-order valence-corrected chi connectivity index (χ4v) is 4.18. The fourth-order valence-electron chi connectivity index (χ4n) is 2.84. The van der Waals surface area contributed by atoms with Crippen LogP contribution in [0.2, 0.25) is 0 Å². The van der Waals surface area contributed by atoms with Crippen molar-refractivity contribution in [2.45, 2.75) is 13.1 Å². The number of amides is 1. The number of carbonyl (C=O) groups is 1. The highest BCUT2D eigenvalue weighted by Crippen LogP contribution is 2.41. The number of halogens is 3. The van der Waals surface area contributed by atoms with Crippen molar-refractivity contribution in [2.24, 2.45) is 0 Å². The SMILES string of the molecule is COc1ccc(C(C)=C2SC(=S)N(c3cccc(C(F)(F)F)c3)C2=O)cc1OC. The highest BCUT2D eigenvalue weighted by Gasteiger charge is 2.37. The van der Waals surface area contributed by atoms with E-state index in [1.54, 1.807) is 25.1 Å². The molecule has 1 heterocycles. The Morgan fingerprint density at radius 3 is 2.38 bits per heavy atom. The molecule has 0 aromatic heterocycles. The quantitative estimate of drug-likeness (QED) is 0.463. The van der Waals surface area contributed by atoms with Crippen LogP contribution in [-0.4, -0.2) is 24.4 Å². The molecule has 3 rings (SSSR count). The van der Waals surface area contributed by atoms with Crippen molar-refractivity contribution < 1.29 is 27.4 Å². The van der Waals surface area contributed by atoms with E-state index in [2.05, 4.69) is 0 Å². The van der Waals surface area contributed by atoms with Crippen molar-refractivity contribution in [1.29, 1.82) is 0 Å². The first kappa shape index (κ1) is 21.2. The Morgan fingerprint density at radius 1 is 1.07 bits per heavy atom. The summed E-state index contributed by atoms with van der Waals surface area (Å²) in [6.45, 7) is 1.75. The Morgan fingerprint density at radius 2 is 1.76 bits per heavy atom. The van der Waals surface area contributed by atoms with E-state index in [9.17, 15) is 18.0 Å². The van der Waals surface area contributed by atoms with Crippen molar-refractivity contribution in [1.82, 2.24) is 0 Å². The van der Waals surface area contributed by atoms with Crippen LogP contribution in [0.3, 0.4) is 0 Å². The van der Waals surface area contributed by atoms with Crippen LogP contribution in [0.1, 0.15) is 18.1 Å². The predicted octanol–water partition coefficient (Wildman–Crippen LogP) is 5.52. The van der Waals surface area contributed by atoms with E-state index < -0.39 is 17.6 Å². The summed E-state index contributed by atoms with van der Waals surface area (Å²) in [6, 6.07) is 9.76. The number of anilines is 1. The van der Waals surface area contributed by atoms with E-state index >= 15 is 0 Å². The van der Waals surface area contributed by atoms with Crippen molar-refractivity contribution >= 4 is 45.5 Å². The number of carbonyl (C=O) groups excluding carboxylic acids is 1. The number of thioether (sulfide) groups is 1. The fraction of sp³-hybridized carbons (Fsp3) is 0.200. The molecule has 2 aromatic carbocycles. The molecule has 4 nitrogen and oxygen atoms in total. The molecule has 152 valence electrons. The average Bonchev–Trinajstić information content (AvgIpc) is 3.00. The lowest BCUT2D eigenvalue weighted by molar-refractivity contribution is -0.137. The van der Waals surface area contributed by atoms with Gasteiger partial charge in [-0.05, 0) is 48.4 Å². The molecule has 0 bridgehead atoms. The van der Waals surface area contributed by atoms with Crippen molar-refractivity contribution in [2.75, 3.05) is 19.1 Å². The van der Waals surface area contributed by atoms with Crippen molar-refractivity contribution in [3.05, 3.63) is 58.5 Å². The first-order valence-corrected chi connectivity index (χ1v) is 9.56. The molecular weight excluding hydrogens is 423 g/mol. The van der Waals surface area contributed by atoms with E-state index in [4.69, 9.17) is 21.7 Å². The van der Waals surface area contributed by atoms with Gasteiger partial charge in [0.05, 0.1) is 30.4 Å². The minimum atomic E-state index is -4.51. The summed E-state index contributed by atoms with van der Waals surface area (Å²) in [5, 5.41) is 0. The molecule has 1 fully saturated rings. The number of alkyl halides is 3. The van der Waals surface area contributed by atoms with E-state index in [1.807, 2.05) is 0 Å². The number of rotatable bonds is 4. The summed E-state index contributed by atoms with van der Waals surface area (Å²) in [6.07, 6.45) is -4.51. The Balaban J connectivity index is 2.00. The standard InChI is InChI=1S/C20H16F3NO3S2/c1-11(12-7-8-15(26-2)16(9-12)27-3)17-18(25)24(19(28)29-17)14-6-4-5-13(10-14)20(21,22)23/h4-10H,1-3H3. The van der Waals surface area contributed by atoms with Gasteiger partial charge in [-0.2, -0.15) is 13.2 Å². The van der Waals surface area contributed by atoms with Gasteiger partial charge in [-0.15, -0.1) is 0 Å². The van der Waals surface area contributed by atoms with Crippen LogP contribution in [-0.2, 0) is 11.0 Å². The van der Waals surface area contributed by atoms with Crippen LogP contribution in [0.25, 0.3) is 5.57 Å². The third-order valence-corrected chi connectivity index (χ3v) is 5.83. The van der Waals surface area contributed by atoms with Gasteiger partial charge in [0.2, 0.25) is 0 Å². The predicted molar refractivity (Wildman–Crippen MR) is 111 cm³/mol. The second-order valence-corrected chi connectivity index (χ2v) is 7.72. The molecule has 0 aliphatic carbocycles. The maximum Gasteiger partial charge on any atom is 0.416 e. The lowest BCUT2D eigenvalue weighted by Gasteiger charge is -2.16. The first-order valence-electron chi connectivity index (χ1n) is 8.34. The number of hydrogen-bond acceptors (Lipinski definition) is 5. The number of hydrogen-bond donors (Lipinski definition) is 0. The molecular formula is C20H16F3NO3S2. The maximum absolute atomic E-state index is 13.0. The molecule has 1 saturated heterocycles. The highest BCUT2D eigenvalue weighted by molar-refractivity contribution is 8.27. The molecule has 1 amide bonds. The zero-order chi connectivity index (χ0) is 21.3. The number of allylic oxidation sites excluding steroid dienone is 1. The zero-order valence-electron chi connectivity index (χ0n) is 15.7. The van der Waals surface area contributed by atoms with E-state index in [-0.39, 0.29) is 10.0 Å². The van der Waals surface area contributed by atoms with Crippen molar-refractivity contribution in [3.63, 3.8) is 0 Å². The van der Waals surface area contributed by atoms with Crippen LogP contribution in [0.5, 0.6) is 11.5 Å². The van der Waals surface area contributed by atoms with Crippen LogP contribution >= 0.6 is 24.0 Å². The van der Waals surface area contributed by atoms with Gasteiger partial charge in [-0.3, -0.25) is 9.69 Å². The number of benzene rings is 2. The van der Waals surface area contributed by atoms with Gasteiger partial charge in [-0.25, -0.2) is 0 Å². The molecule has 0 unspecified atom stereocenters. The summed E-state index contributed by atoms with van der Waals surface area (Å²) < 4.78 is 49.8. The third-order valence-electron chi connectivity index (χ3n) is 4.36. The van der Waals surface area contributed by atoms with Gasteiger partial charge in [0.15, 0.2) is 15.8 Å². The molecule has 0 N–H and O–H groups in total. The van der Waals surface area contributed by atoms with Gasteiger partial charge in [0.1, 0.15) is 0 Å². The highest BCUT2D eigenvalue weighted by atomic mass is 32.2. The van der Waals surface area contributed by atoms with Gasteiger partial charge in [-0.1, -0.05) is 36.1 Å². The zero-order valence-corrected chi connectivity index (χ0v) is 17.3. The molecule has 2 aromatic rings. The molecule has 9 heteroatoms. The lowest BCUT2D eigenvalue weighted by Crippen LogP contribution is -2.28. The Labute approximate surface area is 175 Å². The lowest BCUT2D eigenvalue weighted by atomic mass is 10.1. The van der Waals surface area contributed by atoms with Crippen LogP contribution in [0.4, 0.5) is 18.9 Å². The summed E-state index contributed by atoms with van der Waals surface area (Å²) >= 11 is 6.33. The summed E-state index contributed by atoms with van der Waals surface area (Å²) in [7, 11) is 3.02. The van der Waals surface area contributed by atoms with Gasteiger partial charge in [0.25, 0.3) is 5.91 Å². The third kappa shape index (κ3) is 4.11. The van der Waals surface area contributed by atoms with E-state index in [1.165, 1.54) is 26.4 Å². The van der Waals surface area contributed by atoms with Crippen LogP contribution in [0.15, 0.2) is 47.4 Å². The average molecular weight is 439 g/mol. The summed E-state index contributed by atoms with van der Waals surface area (Å²) in [4.78, 5) is 14.5. The summed E-state index contributed by atoms with van der Waals surface area (Å²) in [5.41, 5.74) is 0.590. The van der Waals surface area contributed by atoms with Gasteiger partial charge in [0, 0.05) is 0 Å². The van der Waals surface area contributed by atoms with Crippen molar-refractivity contribution in [3.8, 4) is 11.5 Å². The topological polar surface area (TPSA) is 38.8 Å². The minimum Gasteiger partial charge on any atom is -0.493 e. The summed E-state index contributed by atoms with van der Waals surface area (Å²) in [5.74, 6) is 0.574. The first-order chi connectivity index (χ1) is 13.7. The largest absolute Gasteiger partial charge is 0.493 e. The van der Waals surface area contributed by atoms with E-state index in [0.29, 0.717) is 27.5 Å². The Hall–Kier alpha value is -2.52. The molecule has 0 spiro atoms. The number of thiocarbonyl (C=S) groups is 1. The number of nitrogens with zero attached hydrogens (tertiary/aromatic N) is 1. The molecule has 0 radical (unpaired) electrons. The smallest absolute Gasteiger partial charge is 0.416 e. The van der Waals surface area contributed by atoms with Crippen LogP contribution in [0, 0.1) is 0 Å². The second kappa shape index (κ2) is 8.08.